The first-order valence-corrected chi connectivity index (χ1v) is 9.61. The van der Waals surface area contributed by atoms with Gasteiger partial charge in [-0.15, -0.1) is 0 Å². The molecule has 2 saturated heterocycles. The van der Waals surface area contributed by atoms with E-state index in [2.05, 4.69) is 5.32 Å². The number of hydrogen-bond donors (Lipinski definition) is 2. The van der Waals surface area contributed by atoms with Gasteiger partial charge in [-0.05, 0) is 38.5 Å². The third kappa shape index (κ3) is 3.90. The van der Waals surface area contributed by atoms with Crippen molar-refractivity contribution in [2.75, 3.05) is 26.2 Å². The molecule has 2 N–H and O–H groups in total. The van der Waals surface area contributed by atoms with Gasteiger partial charge in [0.1, 0.15) is 5.54 Å². The van der Waals surface area contributed by atoms with E-state index in [1.165, 1.54) is 0 Å². The summed E-state index contributed by atoms with van der Waals surface area (Å²) in [7, 11) is 0. The van der Waals surface area contributed by atoms with Gasteiger partial charge in [0.2, 0.25) is 5.91 Å². The van der Waals surface area contributed by atoms with Crippen LogP contribution in [0.4, 0.5) is 4.79 Å². The lowest BCUT2D eigenvalue weighted by atomic mass is 9.81. The number of carbonyl (C=O) groups is 3. The van der Waals surface area contributed by atoms with Crippen molar-refractivity contribution in [2.24, 2.45) is 5.92 Å². The number of piperidine rings is 1. The van der Waals surface area contributed by atoms with Gasteiger partial charge < -0.3 is 20.2 Å². The number of likely N-dealkylation sites (tertiary alicyclic amines) is 2. The minimum absolute atomic E-state index is 0.0886. The highest BCUT2D eigenvalue weighted by atomic mass is 16.4. The second-order valence-electron chi connectivity index (χ2n) is 7.68. The fourth-order valence-corrected chi connectivity index (χ4v) is 4.33. The molecule has 2 aliphatic heterocycles. The number of urea groups is 1. The van der Waals surface area contributed by atoms with Crippen LogP contribution in [0.1, 0.15) is 57.8 Å². The molecule has 7 heteroatoms. The Hall–Kier alpha value is -1.79. The molecule has 3 amide bonds. The molecule has 25 heavy (non-hydrogen) atoms. The van der Waals surface area contributed by atoms with Gasteiger partial charge in [0.25, 0.3) is 0 Å². The summed E-state index contributed by atoms with van der Waals surface area (Å²) in [5.41, 5.74) is -1.09. The number of nitrogens with zero attached hydrogens (tertiary/aromatic N) is 2. The van der Waals surface area contributed by atoms with E-state index >= 15 is 0 Å². The van der Waals surface area contributed by atoms with E-state index in [0.29, 0.717) is 38.8 Å². The monoisotopic (exact) mass is 351 g/mol. The summed E-state index contributed by atoms with van der Waals surface area (Å²) in [6, 6.07) is 0.0886. The Morgan fingerprint density at radius 2 is 1.40 bits per heavy atom. The van der Waals surface area contributed by atoms with Crippen molar-refractivity contribution < 1.29 is 19.5 Å². The molecule has 3 rings (SSSR count). The standard InChI is InChI=1S/C18H29N3O4/c22-15(19-18(16(23)24)8-2-1-3-9-18)14-6-12-21(13-7-14)17(25)20-10-4-5-11-20/h14H,1-13H2,(H,19,22)(H,23,24). The molecular formula is C18H29N3O4. The first-order valence-electron chi connectivity index (χ1n) is 9.61. The molecule has 0 unspecified atom stereocenters. The lowest BCUT2D eigenvalue weighted by Gasteiger charge is -2.37. The fourth-order valence-electron chi connectivity index (χ4n) is 4.33. The lowest BCUT2D eigenvalue weighted by Crippen LogP contribution is -2.58. The molecule has 140 valence electrons. The normalized spacial score (nSPS) is 24.2. The number of carboxylic acids is 1. The first-order chi connectivity index (χ1) is 12.0. The van der Waals surface area contributed by atoms with Crippen molar-refractivity contribution in [1.82, 2.24) is 15.1 Å². The predicted molar refractivity (Wildman–Crippen MR) is 92.1 cm³/mol. The highest BCUT2D eigenvalue weighted by Gasteiger charge is 2.42. The Balaban J connectivity index is 1.52. The summed E-state index contributed by atoms with van der Waals surface area (Å²) in [6.07, 6.45) is 7.11. The number of carboxylic acid groups (broad SMARTS) is 1. The smallest absolute Gasteiger partial charge is 0.329 e. The number of amides is 3. The number of aliphatic carboxylic acids is 1. The lowest BCUT2D eigenvalue weighted by molar-refractivity contribution is -0.150. The zero-order valence-corrected chi connectivity index (χ0v) is 14.8. The van der Waals surface area contributed by atoms with E-state index in [1.807, 2.05) is 9.80 Å². The van der Waals surface area contributed by atoms with Crippen LogP contribution in [0.5, 0.6) is 0 Å². The van der Waals surface area contributed by atoms with Gasteiger partial charge in [-0.3, -0.25) is 4.79 Å². The second-order valence-corrected chi connectivity index (χ2v) is 7.68. The SMILES string of the molecule is O=C(NC1(C(=O)O)CCCCC1)C1CCN(C(=O)N2CCCC2)CC1. The largest absolute Gasteiger partial charge is 0.480 e. The average Bonchev–Trinajstić information content (AvgIpc) is 3.16. The third-order valence-electron chi connectivity index (χ3n) is 5.99. The van der Waals surface area contributed by atoms with Gasteiger partial charge in [-0.25, -0.2) is 9.59 Å². The number of carbonyl (C=O) groups excluding carboxylic acids is 2. The average molecular weight is 351 g/mol. The summed E-state index contributed by atoms with van der Waals surface area (Å²) in [5, 5.41) is 12.4. The Morgan fingerprint density at radius 3 is 1.96 bits per heavy atom. The summed E-state index contributed by atoms with van der Waals surface area (Å²) in [6.45, 7) is 2.82. The maximum absolute atomic E-state index is 12.6. The maximum atomic E-state index is 12.6. The third-order valence-corrected chi connectivity index (χ3v) is 5.99. The molecule has 0 bridgehead atoms. The van der Waals surface area contributed by atoms with Crippen LogP contribution in [0, 0.1) is 5.92 Å². The molecule has 1 aliphatic carbocycles. The zero-order valence-electron chi connectivity index (χ0n) is 14.8. The molecule has 0 aromatic rings. The fraction of sp³-hybridized carbons (Fsp3) is 0.833. The van der Waals surface area contributed by atoms with Gasteiger partial charge in [-0.1, -0.05) is 19.3 Å². The highest BCUT2D eigenvalue weighted by Crippen LogP contribution is 2.30. The molecule has 2 heterocycles. The van der Waals surface area contributed by atoms with Gasteiger partial charge >= 0.3 is 12.0 Å². The van der Waals surface area contributed by atoms with Crippen LogP contribution >= 0.6 is 0 Å². The molecule has 0 aromatic carbocycles. The molecule has 0 aromatic heterocycles. The van der Waals surface area contributed by atoms with Crippen molar-refractivity contribution in [3.8, 4) is 0 Å². The summed E-state index contributed by atoms with van der Waals surface area (Å²) < 4.78 is 0. The van der Waals surface area contributed by atoms with E-state index < -0.39 is 11.5 Å². The van der Waals surface area contributed by atoms with E-state index in [1.54, 1.807) is 0 Å². The Kier molecular flexibility index (Phi) is 5.49. The van der Waals surface area contributed by atoms with Crippen LogP contribution in [0.15, 0.2) is 0 Å². The zero-order chi connectivity index (χ0) is 17.9. The Labute approximate surface area is 148 Å². The molecule has 3 fully saturated rings. The van der Waals surface area contributed by atoms with Crippen molar-refractivity contribution >= 4 is 17.9 Å². The minimum Gasteiger partial charge on any atom is -0.480 e. The molecule has 0 radical (unpaired) electrons. The van der Waals surface area contributed by atoms with Gasteiger partial charge in [0.15, 0.2) is 0 Å². The summed E-state index contributed by atoms with van der Waals surface area (Å²) in [4.78, 5) is 40.5. The second kappa shape index (κ2) is 7.62. The Morgan fingerprint density at radius 1 is 0.840 bits per heavy atom. The van der Waals surface area contributed by atoms with Gasteiger partial charge in [0, 0.05) is 32.1 Å². The van der Waals surface area contributed by atoms with Gasteiger partial charge in [-0.2, -0.15) is 0 Å². The molecule has 0 spiro atoms. The van der Waals surface area contributed by atoms with Crippen molar-refractivity contribution in [1.29, 1.82) is 0 Å². The Bertz CT molecular complexity index is 516. The maximum Gasteiger partial charge on any atom is 0.329 e. The predicted octanol–water partition coefficient (Wildman–Crippen LogP) is 1.82. The van der Waals surface area contributed by atoms with Gasteiger partial charge in [0.05, 0.1) is 0 Å². The van der Waals surface area contributed by atoms with E-state index in [4.69, 9.17) is 0 Å². The highest BCUT2D eigenvalue weighted by molar-refractivity contribution is 5.88. The molecule has 3 aliphatic rings. The van der Waals surface area contributed by atoms with Crippen molar-refractivity contribution in [2.45, 2.75) is 63.3 Å². The van der Waals surface area contributed by atoms with E-state index in [-0.39, 0.29) is 17.9 Å². The van der Waals surface area contributed by atoms with E-state index in [9.17, 15) is 19.5 Å². The van der Waals surface area contributed by atoms with Crippen LogP contribution < -0.4 is 5.32 Å². The van der Waals surface area contributed by atoms with Crippen LogP contribution in [0.2, 0.25) is 0 Å². The quantitative estimate of drug-likeness (QED) is 0.811. The van der Waals surface area contributed by atoms with Crippen LogP contribution in [0.3, 0.4) is 0 Å². The van der Waals surface area contributed by atoms with Crippen LogP contribution in [-0.2, 0) is 9.59 Å². The number of rotatable bonds is 3. The van der Waals surface area contributed by atoms with Crippen LogP contribution in [0.25, 0.3) is 0 Å². The molecule has 7 nitrogen and oxygen atoms in total. The molecule has 1 saturated carbocycles. The van der Waals surface area contributed by atoms with Crippen LogP contribution in [-0.4, -0.2) is 64.5 Å². The van der Waals surface area contributed by atoms with E-state index in [0.717, 1.165) is 45.2 Å². The van der Waals surface area contributed by atoms with Crippen molar-refractivity contribution in [3.05, 3.63) is 0 Å². The molecule has 0 atom stereocenters. The summed E-state index contributed by atoms with van der Waals surface area (Å²) >= 11 is 0. The summed E-state index contributed by atoms with van der Waals surface area (Å²) in [5.74, 6) is -1.26. The minimum atomic E-state index is -1.09. The first kappa shape index (κ1) is 18.0. The number of nitrogens with one attached hydrogen (secondary N) is 1. The molecular weight excluding hydrogens is 322 g/mol. The topological polar surface area (TPSA) is 90.0 Å². The van der Waals surface area contributed by atoms with Crippen molar-refractivity contribution in [3.63, 3.8) is 0 Å². The number of hydrogen-bond acceptors (Lipinski definition) is 3.